The molecule has 1 fully saturated rings. The Morgan fingerprint density at radius 2 is 2.38 bits per heavy atom. The van der Waals surface area contributed by atoms with Crippen molar-refractivity contribution in [3.8, 4) is 0 Å². The zero-order chi connectivity index (χ0) is 11.5. The molecule has 88 valence electrons. The van der Waals surface area contributed by atoms with Gasteiger partial charge < -0.3 is 10.2 Å². The molecular formula is C12H16BrFN2. The van der Waals surface area contributed by atoms with Crippen LogP contribution in [0.15, 0.2) is 22.7 Å². The summed E-state index contributed by atoms with van der Waals surface area (Å²) in [5.74, 6) is -0.147. The maximum atomic E-state index is 13.7. The molecule has 1 aromatic rings. The Morgan fingerprint density at radius 3 is 3.06 bits per heavy atom. The fraction of sp³-hybridized carbons (Fsp3) is 0.500. The maximum Gasteiger partial charge on any atom is 0.147 e. The molecule has 0 amide bonds. The minimum absolute atomic E-state index is 0.147. The lowest BCUT2D eigenvalue weighted by Gasteiger charge is -2.21. The number of hydrogen-bond donors (Lipinski definition) is 1. The third kappa shape index (κ3) is 2.38. The number of halogens is 2. The fourth-order valence-corrected chi connectivity index (χ4v) is 2.80. The summed E-state index contributed by atoms with van der Waals surface area (Å²) >= 11 is 3.41. The summed E-state index contributed by atoms with van der Waals surface area (Å²) in [4.78, 5) is 2.10. The number of hydrogen-bond acceptors (Lipinski definition) is 2. The number of nitrogens with zero attached hydrogens (tertiary/aromatic N) is 1. The minimum Gasteiger partial charge on any atom is -0.367 e. The third-order valence-corrected chi connectivity index (χ3v) is 3.57. The number of likely N-dealkylation sites (N-methyl/N-ethyl adjacent to an activating group) is 1. The van der Waals surface area contributed by atoms with Gasteiger partial charge in [0.05, 0.1) is 5.69 Å². The highest BCUT2D eigenvalue weighted by atomic mass is 79.9. The number of anilines is 1. The summed E-state index contributed by atoms with van der Waals surface area (Å²) in [7, 11) is 0. The molecule has 1 saturated heterocycles. The van der Waals surface area contributed by atoms with Crippen LogP contribution in [-0.2, 0) is 0 Å². The zero-order valence-electron chi connectivity index (χ0n) is 9.34. The maximum absolute atomic E-state index is 13.7. The molecular weight excluding hydrogens is 271 g/mol. The zero-order valence-corrected chi connectivity index (χ0v) is 10.9. The first-order valence-corrected chi connectivity index (χ1v) is 6.44. The molecule has 0 saturated carbocycles. The normalized spacial score (nSPS) is 20.4. The van der Waals surface area contributed by atoms with Gasteiger partial charge in [-0.05, 0) is 41.0 Å². The Morgan fingerprint density at radius 1 is 1.56 bits per heavy atom. The van der Waals surface area contributed by atoms with Gasteiger partial charge >= 0.3 is 0 Å². The molecule has 0 aliphatic carbocycles. The van der Waals surface area contributed by atoms with Gasteiger partial charge in [-0.2, -0.15) is 0 Å². The monoisotopic (exact) mass is 286 g/mol. The molecule has 0 aromatic heterocycles. The van der Waals surface area contributed by atoms with Gasteiger partial charge in [0.25, 0.3) is 0 Å². The fourth-order valence-electron chi connectivity index (χ4n) is 2.21. The van der Waals surface area contributed by atoms with E-state index in [0.29, 0.717) is 11.7 Å². The van der Waals surface area contributed by atoms with E-state index in [1.807, 2.05) is 6.07 Å². The molecule has 1 unspecified atom stereocenters. The van der Waals surface area contributed by atoms with Crippen molar-refractivity contribution in [3.05, 3.63) is 28.5 Å². The molecule has 1 N–H and O–H groups in total. The molecule has 1 aliphatic heterocycles. The van der Waals surface area contributed by atoms with Crippen LogP contribution in [0.3, 0.4) is 0 Å². The van der Waals surface area contributed by atoms with Crippen LogP contribution in [-0.4, -0.2) is 25.7 Å². The number of nitrogens with one attached hydrogen (secondary N) is 1. The standard InChI is InChI=1S/C12H16BrFN2/c1-2-15-9-6-7-16(8-9)12-10(13)4-3-5-11(12)14/h3-5,9,15H,2,6-8H2,1H3. The van der Waals surface area contributed by atoms with Crippen molar-refractivity contribution in [2.24, 2.45) is 0 Å². The van der Waals surface area contributed by atoms with Crippen molar-refractivity contribution >= 4 is 21.6 Å². The molecule has 16 heavy (non-hydrogen) atoms. The molecule has 1 aliphatic rings. The van der Waals surface area contributed by atoms with E-state index in [0.717, 1.165) is 30.5 Å². The van der Waals surface area contributed by atoms with Crippen molar-refractivity contribution in [1.29, 1.82) is 0 Å². The second kappa shape index (κ2) is 5.15. The van der Waals surface area contributed by atoms with Crippen LogP contribution in [0, 0.1) is 5.82 Å². The predicted molar refractivity (Wildman–Crippen MR) is 68.4 cm³/mol. The van der Waals surface area contributed by atoms with Gasteiger partial charge in [-0.3, -0.25) is 0 Å². The molecule has 2 rings (SSSR count). The van der Waals surface area contributed by atoms with Gasteiger partial charge in [-0.25, -0.2) is 4.39 Å². The summed E-state index contributed by atoms with van der Waals surface area (Å²) in [6, 6.07) is 5.61. The molecule has 0 bridgehead atoms. The van der Waals surface area contributed by atoms with Crippen molar-refractivity contribution in [2.45, 2.75) is 19.4 Å². The Bertz CT molecular complexity index is 350. The van der Waals surface area contributed by atoms with E-state index < -0.39 is 0 Å². The number of para-hydroxylation sites is 1. The van der Waals surface area contributed by atoms with E-state index in [-0.39, 0.29) is 5.82 Å². The summed E-state index contributed by atoms with van der Waals surface area (Å²) in [6.07, 6.45) is 1.08. The Labute approximate surface area is 104 Å². The van der Waals surface area contributed by atoms with Gasteiger partial charge in [0, 0.05) is 23.6 Å². The third-order valence-electron chi connectivity index (χ3n) is 2.93. The summed E-state index contributed by atoms with van der Waals surface area (Å²) in [5.41, 5.74) is 0.697. The van der Waals surface area contributed by atoms with E-state index in [1.165, 1.54) is 6.07 Å². The van der Waals surface area contributed by atoms with Crippen molar-refractivity contribution < 1.29 is 4.39 Å². The molecule has 0 radical (unpaired) electrons. The second-order valence-electron chi connectivity index (χ2n) is 4.06. The summed E-state index contributed by atoms with van der Waals surface area (Å²) < 4.78 is 14.6. The van der Waals surface area contributed by atoms with Gasteiger partial charge in [0.1, 0.15) is 5.82 Å². The molecule has 1 heterocycles. The number of rotatable bonds is 3. The Balaban J connectivity index is 2.14. The lowest BCUT2D eigenvalue weighted by Crippen LogP contribution is -2.32. The van der Waals surface area contributed by atoms with Crippen LogP contribution < -0.4 is 10.2 Å². The van der Waals surface area contributed by atoms with Crippen LogP contribution in [0.1, 0.15) is 13.3 Å². The number of benzene rings is 1. The van der Waals surface area contributed by atoms with E-state index in [4.69, 9.17) is 0 Å². The topological polar surface area (TPSA) is 15.3 Å². The van der Waals surface area contributed by atoms with E-state index in [2.05, 4.69) is 33.1 Å². The van der Waals surface area contributed by atoms with Crippen LogP contribution in [0.4, 0.5) is 10.1 Å². The SMILES string of the molecule is CCNC1CCN(c2c(F)cccc2Br)C1. The van der Waals surface area contributed by atoms with Crippen LogP contribution in [0.25, 0.3) is 0 Å². The quantitative estimate of drug-likeness (QED) is 0.919. The average molecular weight is 287 g/mol. The van der Waals surface area contributed by atoms with Gasteiger partial charge in [-0.1, -0.05) is 13.0 Å². The summed E-state index contributed by atoms with van der Waals surface area (Å²) in [6.45, 7) is 4.86. The average Bonchev–Trinajstić information content (AvgIpc) is 2.67. The van der Waals surface area contributed by atoms with Gasteiger partial charge in [0.2, 0.25) is 0 Å². The van der Waals surface area contributed by atoms with E-state index in [1.54, 1.807) is 6.07 Å². The highest BCUT2D eigenvalue weighted by Gasteiger charge is 2.24. The Kier molecular flexibility index (Phi) is 3.82. The lowest BCUT2D eigenvalue weighted by atomic mass is 10.2. The van der Waals surface area contributed by atoms with Crippen LogP contribution >= 0.6 is 15.9 Å². The summed E-state index contributed by atoms with van der Waals surface area (Å²) in [5, 5.41) is 3.40. The molecule has 1 aromatic carbocycles. The molecule has 2 nitrogen and oxygen atoms in total. The predicted octanol–water partition coefficient (Wildman–Crippen LogP) is 2.78. The first-order valence-electron chi connectivity index (χ1n) is 5.64. The van der Waals surface area contributed by atoms with Crippen molar-refractivity contribution in [1.82, 2.24) is 5.32 Å². The van der Waals surface area contributed by atoms with E-state index >= 15 is 0 Å². The van der Waals surface area contributed by atoms with Crippen molar-refractivity contribution in [3.63, 3.8) is 0 Å². The molecule has 4 heteroatoms. The van der Waals surface area contributed by atoms with Gasteiger partial charge in [-0.15, -0.1) is 0 Å². The first-order chi connectivity index (χ1) is 7.72. The largest absolute Gasteiger partial charge is 0.367 e. The lowest BCUT2D eigenvalue weighted by molar-refractivity contribution is 0.570. The minimum atomic E-state index is -0.147. The Hall–Kier alpha value is -0.610. The second-order valence-corrected chi connectivity index (χ2v) is 4.91. The highest BCUT2D eigenvalue weighted by molar-refractivity contribution is 9.10. The van der Waals surface area contributed by atoms with Crippen molar-refractivity contribution in [2.75, 3.05) is 24.5 Å². The first kappa shape index (κ1) is 11.9. The smallest absolute Gasteiger partial charge is 0.147 e. The molecule has 0 spiro atoms. The van der Waals surface area contributed by atoms with Crippen LogP contribution in [0.2, 0.25) is 0 Å². The van der Waals surface area contributed by atoms with E-state index in [9.17, 15) is 4.39 Å². The highest BCUT2D eigenvalue weighted by Crippen LogP contribution is 2.31. The molecule has 1 atom stereocenters. The van der Waals surface area contributed by atoms with Crippen LogP contribution in [0.5, 0.6) is 0 Å². The van der Waals surface area contributed by atoms with Gasteiger partial charge in [0.15, 0.2) is 0 Å².